The van der Waals surface area contributed by atoms with Crippen LogP contribution in [0.5, 0.6) is 0 Å². The van der Waals surface area contributed by atoms with Crippen LogP contribution in [-0.4, -0.2) is 5.97 Å². The van der Waals surface area contributed by atoms with Crippen LogP contribution in [0.2, 0.25) is 0 Å². The van der Waals surface area contributed by atoms with Gasteiger partial charge in [0.25, 0.3) is 0 Å². The second-order valence-corrected chi connectivity index (χ2v) is 4.27. The van der Waals surface area contributed by atoms with Crippen molar-refractivity contribution in [2.24, 2.45) is 0 Å². The van der Waals surface area contributed by atoms with Crippen LogP contribution >= 0.6 is 27.3 Å². The van der Waals surface area contributed by atoms with E-state index in [0.29, 0.717) is 10.2 Å². The van der Waals surface area contributed by atoms with E-state index in [9.17, 15) is 4.79 Å². The highest BCUT2D eigenvalue weighted by atomic mass is 79.9. The summed E-state index contributed by atoms with van der Waals surface area (Å²) in [7, 11) is 0. The molecule has 13 heavy (non-hydrogen) atoms. The van der Waals surface area contributed by atoms with Crippen LogP contribution in [0.25, 0.3) is 6.08 Å². The second-order valence-electron chi connectivity index (χ2n) is 2.44. The average Bonchev–Trinajstić information content (AvgIpc) is 2.63. The first-order valence-corrected chi connectivity index (χ1v) is 5.27. The number of allylic oxidation sites excluding steroid dienone is 1. The summed E-state index contributed by atoms with van der Waals surface area (Å²) in [4.78, 5) is 11.9. The predicted octanol–water partition coefficient (Wildman–Crippen LogP) is 2.92. The Morgan fingerprint density at radius 2 is 2.38 bits per heavy atom. The molecular formula is C9H5BrO2S. The third kappa shape index (κ3) is 1.89. The van der Waals surface area contributed by atoms with Gasteiger partial charge in [0.1, 0.15) is 5.76 Å². The molecule has 66 valence electrons. The number of hydrogen-bond acceptors (Lipinski definition) is 3. The maximum absolute atomic E-state index is 10.8. The topological polar surface area (TPSA) is 26.3 Å². The number of ether oxygens (including phenoxy) is 1. The molecule has 0 amide bonds. The number of thiophene rings is 1. The van der Waals surface area contributed by atoms with Gasteiger partial charge in [-0.3, -0.25) is 0 Å². The van der Waals surface area contributed by atoms with E-state index in [-0.39, 0.29) is 5.97 Å². The maximum atomic E-state index is 10.8. The molecule has 0 bridgehead atoms. The van der Waals surface area contributed by atoms with Gasteiger partial charge in [-0.05, 0) is 33.5 Å². The Morgan fingerprint density at radius 3 is 2.92 bits per heavy atom. The number of halogens is 1. The number of hydrogen-bond donors (Lipinski definition) is 0. The van der Waals surface area contributed by atoms with Crippen LogP contribution in [0.3, 0.4) is 0 Å². The fourth-order valence-electron chi connectivity index (χ4n) is 0.962. The fraction of sp³-hybridized carbons (Fsp3) is 0. The number of carbonyl (C=O) groups is 1. The van der Waals surface area contributed by atoms with E-state index >= 15 is 0 Å². The van der Waals surface area contributed by atoms with Gasteiger partial charge in [-0.2, -0.15) is 0 Å². The summed E-state index contributed by atoms with van der Waals surface area (Å²) in [5.74, 6) is 0.252. The average molecular weight is 257 g/mol. The molecule has 0 saturated carbocycles. The minimum atomic E-state index is -0.324. The van der Waals surface area contributed by atoms with Crippen molar-refractivity contribution in [3.63, 3.8) is 0 Å². The van der Waals surface area contributed by atoms with Gasteiger partial charge in [-0.25, -0.2) is 4.79 Å². The van der Waals surface area contributed by atoms with Crippen LogP contribution in [0.4, 0.5) is 0 Å². The van der Waals surface area contributed by atoms with Crippen molar-refractivity contribution in [1.82, 2.24) is 0 Å². The van der Waals surface area contributed by atoms with Gasteiger partial charge in [0.05, 0.1) is 4.48 Å². The molecule has 0 saturated heterocycles. The molecule has 0 unspecified atom stereocenters. The molecule has 0 N–H and O–H groups in total. The quantitative estimate of drug-likeness (QED) is 0.723. The molecule has 0 aliphatic carbocycles. The molecule has 1 aliphatic heterocycles. The molecule has 1 aliphatic rings. The Morgan fingerprint density at radius 1 is 1.54 bits per heavy atom. The molecule has 4 heteroatoms. The Balaban J connectivity index is 2.29. The summed E-state index contributed by atoms with van der Waals surface area (Å²) < 4.78 is 5.64. The molecule has 0 fully saturated rings. The highest BCUT2D eigenvalue weighted by Crippen LogP contribution is 2.27. The molecule has 1 aromatic heterocycles. The monoisotopic (exact) mass is 256 g/mol. The van der Waals surface area contributed by atoms with Gasteiger partial charge in [0.15, 0.2) is 0 Å². The van der Waals surface area contributed by atoms with Crippen LogP contribution < -0.4 is 0 Å². The van der Waals surface area contributed by atoms with E-state index in [0.717, 1.165) is 4.88 Å². The lowest BCUT2D eigenvalue weighted by Crippen LogP contribution is -1.89. The summed E-state index contributed by atoms with van der Waals surface area (Å²) in [6.45, 7) is 0. The lowest BCUT2D eigenvalue weighted by Gasteiger charge is -1.95. The van der Waals surface area contributed by atoms with E-state index in [1.807, 2.05) is 23.6 Å². The standard InChI is InChI=1S/C9H5BrO2S/c10-7-5-9(11)12-8(7)4-6-2-1-3-13-6/h1-5H. The summed E-state index contributed by atoms with van der Waals surface area (Å²) in [5.41, 5.74) is 0. The van der Waals surface area contributed by atoms with Crippen molar-refractivity contribution in [3.8, 4) is 0 Å². The molecule has 0 spiro atoms. The number of cyclic esters (lactones) is 1. The van der Waals surface area contributed by atoms with E-state index < -0.39 is 0 Å². The molecule has 0 radical (unpaired) electrons. The zero-order valence-corrected chi connectivity index (χ0v) is 8.89. The Kier molecular flexibility index (Phi) is 2.33. The van der Waals surface area contributed by atoms with E-state index in [1.54, 1.807) is 11.3 Å². The van der Waals surface area contributed by atoms with Crippen molar-refractivity contribution >= 4 is 39.3 Å². The molecule has 0 aromatic carbocycles. The molecule has 1 aromatic rings. The first kappa shape index (κ1) is 8.72. The summed E-state index contributed by atoms with van der Waals surface area (Å²) >= 11 is 4.84. The van der Waals surface area contributed by atoms with Gasteiger partial charge in [0.2, 0.25) is 0 Å². The zero-order valence-electron chi connectivity index (χ0n) is 6.49. The van der Waals surface area contributed by atoms with E-state index in [2.05, 4.69) is 15.9 Å². The molecular weight excluding hydrogens is 252 g/mol. The first-order chi connectivity index (χ1) is 6.25. The van der Waals surface area contributed by atoms with Gasteiger partial charge in [0, 0.05) is 11.0 Å². The van der Waals surface area contributed by atoms with E-state index in [4.69, 9.17) is 4.74 Å². The lowest BCUT2D eigenvalue weighted by molar-refractivity contribution is -0.132. The smallest absolute Gasteiger partial charge is 0.337 e. The van der Waals surface area contributed by atoms with Crippen molar-refractivity contribution in [2.45, 2.75) is 0 Å². The van der Waals surface area contributed by atoms with Crippen LogP contribution in [-0.2, 0) is 9.53 Å². The molecule has 2 heterocycles. The maximum Gasteiger partial charge on any atom is 0.337 e. The Labute approximate surface area is 87.7 Å². The largest absolute Gasteiger partial charge is 0.422 e. The van der Waals surface area contributed by atoms with Gasteiger partial charge in [-0.1, -0.05) is 6.07 Å². The zero-order chi connectivity index (χ0) is 9.26. The molecule has 2 rings (SSSR count). The summed E-state index contributed by atoms with van der Waals surface area (Å²) in [6.07, 6.45) is 3.25. The predicted molar refractivity (Wildman–Crippen MR) is 55.4 cm³/mol. The third-order valence-electron chi connectivity index (χ3n) is 1.51. The third-order valence-corrected chi connectivity index (χ3v) is 2.95. The van der Waals surface area contributed by atoms with E-state index in [1.165, 1.54) is 6.08 Å². The van der Waals surface area contributed by atoms with Crippen molar-refractivity contribution < 1.29 is 9.53 Å². The second kappa shape index (κ2) is 3.47. The highest BCUT2D eigenvalue weighted by Gasteiger charge is 2.17. The minimum Gasteiger partial charge on any atom is -0.422 e. The fourth-order valence-corrected chi connectivity index (χ4v) is 1.99. The lowest BCUT2D eigenvalue weighted by atomic mass is 10.4. The number of rotatable bonds is 1. The Hall–Kier alpha value is -0.870. The van der Waals surface area contributed by atoms with Crippen molar-refractivity contribution in [2.75, 3.05) is 0 Å². The summed E-state index contributed by atoms with van der Waals surface area (Å²) in [6, 6.07) is 3.91. The van der Waals surface area contributed by atoms with Crippen LogP contribution in [0.1, 0.15) is 4.88 Å². The molecule has 2 nitrogen and oxygen atoms in total. The normalized spacial score (nSPS) is 19.0. The SMILES string of the molecule is O=C1C=C(Br)C(=Cc2cccs2)O1. The highest BCUT2D eigenvalue weighted by molar-refractivity contribution is 9.12. The van der Waals surface area contributed by atoms with Crippen LogP contribution in [0, 0.1) is 0 Å². The van der Waals surface area contributed by atoms with Gasteiger partial charge >= 0.3 is 5.97 Å². The van der Waals surface area contributed by atoms with Crippen molar-refractivity contribution in [1.29, 1.82) is 0 Å². The molecule has 0 atom stereocenters. The van der Waals surface area contributed by atoms with Gasteiger partial charge in [-0.15, -0.1) is 11.3 Å². The number of esters is 1. The minimum absolute atomic E-state index is 0.324. The van der Waals surface area contributed by atoms with Crippen LogP contribution in [0.15, 0.2) is 33.8 Å². The van der Waals surface area contributed by atoms with Crippen molar-refractivity contribution in [3.05, 3.63) is 38.7 Å². The summed E-state index contributed by atoms with van der Waals surface area (Å²) in [5, 5.41) is 1.97. The first-order valence-electron chi connectivity index (χ1n) is 3.60. The van der Waals surface area contributed by atoms with Gasteiger partial charge < -0.3 is 4.74 Å². The Bertz CT molecular complexity index is 390. The number of carbonyl (C=O) groups excluding carboxylic acids is 1.